The molecule has 0 heterocycles. The van der Waals surface area contributed by atoms with Gasteiger partial charge in [-0.05, 0) is 48.6 Å². The molecular weight excluding hydrogens is 366 g/mol. The van der Waals surface area contributed by atoms with Gasteiger partial charge < -0.3 is 15.0 Å². The molecule has 7 nitrogen and oxygen atoms in total. The molecule has 8 heteroatoms. The van der Waals surface area contributed by atoms with Gasteiger partial charge in [0.25, 0.3) is 11.8 Å². The van der Waals surface area contributed by atoms with Crippen molar-refractivity contribution in [1.29, 1.82) is 0 Å². The monoisotopic (exact) mass is 385 g/mol. The van der Waals surface area contributed by atoms with Gasteiger partial charge in [0.15, 0.2) is 5.11 Å². The highest BCUT2D eigenvalue weighted by Gasteiger charge is 2.15. The molecule has 140 valence electrons. The number of anilines is 1. The Morgan fingerprint density at radius 3 is 2.15 bits per heavy atom. The molecule has 0 aromatic heterocycles. The standard InChI is InChI=1S/C19H19N3O4S/c1-22(2)17(24)14-6-4-5-7-15(14)20-19(27)21-16(23)12-8-10-13(11-9-12)18(25)26-3/h4-11H,1-3H3,(H2,20,21,23,27). The maximum atomic E-state index is 12.3. The Kier molecular flexibility index (Phi) is 6.62. The van der Waals surface area contributed by atoms with E-state index < -0.39 is 11.9 Å². The average Bonchev–Trinajstić information content (AvgIpc) is 2.67. The lowest BCUT2D eigenvalue weighted by atomic mass is 10.1. The van der Waals surface area contributed by atoms with Crippen LogP contribution in [0.15, 0.2) is 48.5 Å². The van der Waals surface area contributed by atoms with Crippen LogP contribution >= 0.6 is 12.2 Å². The van der Waals surface area contributed by atoms with Crippen molar-refractivity contribution in [2.45, 2.75) is 0 Å². The highest BCUT2D eigenvalue weighted by atomic mass is 32.1. The number of esters is 1. The number of nitrogens with zero attached hydrogens (tertiary/aromatic N) is 1. The predicted octanol–water partition coefficient (Wildman–Crippen LogP) is 2.30. The van der Waals surface area contributed by atoms with Gasteiger partial charge in [-0.2, -0.15) is 0 Å². The van der Waals surface area contributed by atoms with E-state index in [0.717, 1.165) is 0 Å². The van der Waals surface area contributed by atoms with Crippen molar-refractivity contribution in [2.24, 2.45) is 0 Å². The second-order valence-electron chi connectivity index (χ2n) is 5.72. The molecule has 0 radical (unpaired) electrons. The molecule has 0 aliphatic heterocycles. The number of rotatable bonds is 4. The summed E-state index contributed by atoms with van der Waals surface area (Å²) in [5.41, 5.74) is 1.58. The Morgan fingerprint density at radius 2 is 1.56 bits per heavy atom. The van der Waals surface area contributed by atoms with Gasteiger partial charge in [0, 0.05) is 19.7 Å². The van der Waals surface area contributed by atoms with E-state index in [0.29, 0.717) is 22.4 Å². The lowest BCUT2D eigenvalue weighted by Gasteiger charge is -2.16. The minimum Gasteiger partial charge on any atom is -0.465 e. The number of benzene rings is 2. The number of para-hydroxylation sites is 1. The summed E-state index contributed by atoms with van der Waals surface area (Å²) in [6, 6.07) is 12.8. The van der Waals surface area contributed by atoms with E-state index in [4.69, 9.17) is 12.2 Å². The van der Waals surface area contributed by atoms with Crippen LogP contribution in [0.25, 0.3) is 0 Å². The number of hydrogen-bond acceptors (Lipinski definition) is 5. The molecule has 0 aliphatic rings. The molecular formula is C19H19N3O4S. The third-order valence-electron chi connectivity index (χ3n) is 3.61. The van der Waals surface area contributed by atoms with Crippen LogP contribution < -0.4 is 10.6 Å². The predicted molar refractivity (Wildman–Crippen MR) is 106 cm³/mol. The van der Waals surface area contributed by atoms with Crippen molar-refractivity contribution in [1.82, 2.24) is 10.2 Å². The Bertz CT molecular complexity index is 879. The first-order valence-electron chi connectivity index (χ1n) is 7.95. The quantitative estimate of drug-likeness (QED) is 0.620. The van der Waals surface area contributed by atoms with Crippen molar-refractivity contribution in [3.63, 3.8) is 0 Å². The number of hydrogen-bond donors (Lipinski definition) is 2. The Labute approximate surface area is 162 Å². The van der Waals surface area contributed by atoms with Crippen LogP contribution in [0.1, 0.15) is 31.1 Å². The number of methoxy groups -OCH3 is 1. The van der Waals surface area contributed by atoms with E-state index in [-0.39, 0.29) is 11.0 Å². The lowest BCUT2D eigenvalue weighted by Crippen LogP contribution is -2.35. The SMILES string of the molecule is COC(=O)c1ccc(C(=O)NC(=S)Nc2ccccc2C(=O)N(C)C)cc1. The fraction of sp³-hybridized carbons (Fsp3) is 0.158. The first-order chi connectivity index (χ1) is 12.8. The van der Waals surface area contributed by atoms with E-state index in [2.05, 4.69) is 15.4 Å². The molecule has 0 saturated heterocycles. The summed E-state index contributed by atoms with van der Waals surface area (Å²) in [6.45, 7) is 0. The number of amides is 2. The van der Waals surface area contributed by atoms with Gasteiger partial charge in [-0.15, -0.1) is 0 Å². The maximum absolute atomic E-state index is 12.3. The van der Waals surface area contributed by atoms with Gasteiger partial charge in [0.2, 0.25) is 0 Å². The summed E-state index contributed by atoms with van der Waals surface area (Å²) in [5.74, 6) is -1.12. The molecule has 2 rings (SSSR count). The van der Waals surface area contributed by atoms with Crippen LogP contribution in [-0.2, 0) is 4.74 Å². The third-order valence-corrected chi connectivity index (χ3v) is 3.81. The van der Waals surface area contributed by atoms with Crippen molar-refractivity contribution in [3.05, 3.63) is 65.2 Å². The molecule has 27 heavy (non-hydrogen) atoms. The van der Waals surface area contributed by atoms with Gasteiger partial charge in [-0.25, -0.2) is 4.79 Å². The van der Waals surface area contributed by atoms with E-state index in [1.165, 1.54) is 36.3 Å². The molecule has 0 fully saturated rings. The first-order valence-corrected chi connectivity index (χ1v) is 8.35. The normalized spacial score (nSPS) is 9.89. The number of thiocarbonyl (C=S) groups is 1. The van der Waals surface area contributed by atoms with E-state index in [9.17, 15) is 14.4 Å². The summed E-state index contributed by atoms with van der Waals surface area (Å²) in [7, 11) is 4.58. The van der Waals surface area contributed by atoms with Crippen LogP contribution in [0.3, 0.4) is 0 Å². The summed E-state index contributed by atoms with van der Waals surface area (Å²) < 4.78 is 4.61. The highest BCUT2D eigenvalue weighted by Crippen LogP contribution is 2.16. The van der Waals surface area contributed by atoms with Gasteiger partial charge >= 0.3 is 5.97 Å². The zero-order valence-corrected chi connectivity index (χ0v) is 15.9. The summed E-state index contributed by atoms with van der Waals surface area (Å²) >= 11 is 5.17. The largest absolute Gasteiger partial charge is 0.465 e. The van der Waals surface area contributed by atoms with Crippen LogP contribution in [0.4, 0.5) is 5.69 Å². The van der Waals surface area contributed by atoms with Gasteiger partial charge in [0.1, 0.15) is 0 Å². The molecule has 0 unspecified atom stereocenters. The zero-order chi connectivity index (χ0) is 20.0. The van der Waals surface area contributed by atoms with Crippen LogP contribution in [0, 0.1) is 0 Å². The maximum Gasteiger partial charge on any atom is 0.337 e. The smallest absolute Gasteiger partial charge is 0.337 e. The van der Waals surface area contributed by atoms with Crippen LogP contribution in [0.2, 0.25) is 0 Å². The average molecular weight is 385 g/mol. The molecule has 0 atom stereocenters. The second-order valence-corrected chi connectivity index (χ2v) is 6.13. The Balaban J connectivity index is 2.07. The Morgan fingerprint density at radius 1 is 0.963 bits per heavy atom. The molecule has 0 saturated carbocycles. The number of ether oxygens (including phenoxy) is 1. The molecule has 2 aromatic carbocycles. The fourth-order valence-corrected chi connectivity index (χ4v) is 2.43. The summed E-state index contributed by atoms with van der Waals surface area (Å²) in [4.78, 5) is 37.4. The first kappa shape index (κ1) is 20.1. The molecule has 0 bridgehead atoms. The minimum atomic E-state index is -0.485. The number of carbonyl (C=O) groups excluding carboxylic acids is 3. The number of carbonyl (C=O) groups is 3. The van der Waals surface area contributed by atoms with E-state index in [1.54, 1.807) is 38.4 Å². The number of nitrogens with one attached hydrogen (secondary N) is 2. The molecule has 2 N–H and O–H groups in total. The third kappa shape index (κ3) is 5.11. The van der Waals surface area contributed by atoms with Gasteiger partial charge in [0.05, 0.1) is 23.9 Å². The Hall–Kier alpha value is -3.26. The topological polar surface area (TPSA) is 87.7 Å². The molecule has 0 aliphatic carbocycles. The highest BCUT2D eigenvalue weighted by molar-refractivity contribution is 7.80. The summed E-state index contributed by atoms with van der Waals surface area (Å²) in [6.07, 6.45) is 0. The van der Waals surface area contributed by atoms with Gasteiger partial charge in [-0.3, -0.25) is 14.9 Å². The van der Waals surface area contributed by atoms with E-state index >= 15 is 0 Å². The van der Waals surface area contributed by atoms with Crippen LogP contribution in [-0.4, -0.2) is 49.0 Å². The summed E-state index contributed by atoms with van der Waals surface area (Å²) in [5, 5.41) is 5.46. The van der Waals surface area contributed by atoms with Crippen LogP contribution in [0.5, 0.6) is 0 Å². The lowest BCUT2D eigenvalue weighted by molar-refractivity contribution is 0.0600. The van der Waals surface area contributed by atoms with Crippen molar-refractivity contribution in [3.8, 4) is 0 Å². The van der Waals surface area contributed by atoms with Gasteiger partial charge in [-0.1, -0.05) is 12.1 Å². The second kappa shape index (κ2) is 8.91. The van der Waals surface area contributed by atoms with Crippen molar-refractivity contribution >= 4 is 40.8 Å². The molecule has 2 aromatic rings. The molecule has 2 amide bonds. The van der Waals surface area contributed by atoms with Crippen molar-refractivity contribution < 1.29 is 19.1 Å². The fourth-order valence-electron chi connectivity index (χ4n) is 2.22. The van der Waals surface area contributed by atoms with Crippen molar-refractivity contribution in [2.75, 3.05) is 26.5 Å². The zero-order valence-electron chi connectivity index (χ0n) is 15.1. The minimum absolute atomic E-state index is 0.0519. The molecule has 0 spiro atoms. The van der Waals surface area contributed by atoms with E-state index in [1.807, 2.05) is 0 Å².